The molecular formula is C11H13ClO2. The molecule has 0 spiro atoms. The van der Waals surface area contributed by atoms with Crippen LogP contribution in [0.25, 0.3) is 0 Å². The Morgan fingerprint density at radius 3 is 2.43 bits per heavy atom. The van der Waals surface area contributed by atoms with Gasteiger partial charge in [-0.05, 0) is 30.2 Å². The number of ketones is 1. The maximum absolute atomic E-state index is 10.9. The lowest BCUT2D eigenvalue weighted by atomic mass is 10.1. The average molecular weight is 213 g/mol. The molecule has 0 fully saturated rings. The molecule has 0 aliphatic carbocycles. The van der Waals surface area contributed by atoms with Gasteiger partial charge in [0, 0.05) is 6.42 Å². The smallest absolute Gasteiger partial charge is 0.155 e. The van der Waals surface area contributed by atoms with Gasteiger partial charge in [0.2, 0.25) is 0 Å². The first-order valence-electron chi connectivity index (χ1n) is 4.15. The van der Waals surface area contributed by atoms with Crippen molar-refractivity contribution in [2.45, 2.75) is 12.8 Å². The molecule has 14 heavy (non-hydrogen) atoms. The predicted octanol–water partition coefficient (Wildman–Crippen LogP) is 2.50. The van der Waals surface area contributed by atoms with E-state index in [-0.39, 0.29) is 23.9 Å². The van der Waals surface area contributed by atoms with Crippen molar-refractivity contribution >= 4 is 18.2 Å². The van der Waals surface area contributed by atoms with Crippen molar-refractivity contribution in [3.8, 4) is 5.75 Å². The van der Waals surface area contributed by atoms with Gasteiger partial charge < -0.3 is 5.11 Å². The number of benzene rings is 1. The summed E-state index contributed by atoms with van der Waals surface area (Å²) in [5.74, 6) is 0.298. The van der Waals surface area contributed by atoms with Crippen LogP contribution in [-0.2, 0) is 11.2 Å². The largest absolute Gasteiger partial charge is 0.508 e. The van der Waals surface area contributed by atoms with Gasteiger partial charge in [0.1, 0.15) is 5.75 Å². The number of hydrogen-bond donors (Lipinski definition) is 1. The molecule has 0 unspecified atom stereocenters. The Bertz CT molecular complexity index is 304. The van der Waals surface area contributed by atoms with E-state index in [1.807, 2.05) is 12.1 Å². The predicted molar refractivity (Wildman–Crippen MR) is 58.9 cm³/mol. The van der Waals surface area contributed by atoms with Gasteiger partial charge in [0.25, 0.3) is 0 Å². The topological polar surface area (TPSA) is 37.3 Å². The number of carbonyl (C=O) groups is 1. The first-order valence-corrected chi connectivity index (χ1v) is 4.15. The summed E-state index contributed by atoms with van der Waals surface area (Å²) in [5, 5.41) is 9.00. The maximum Gasteiger partial charge on any atom is 0.155 e. The fourth-order valence-electron chi connectivity index (χ4n) is 1.03. The third kappa shape index (κ3) is 4.10. The van der Waals surface area contributed by atoms with Gasteiger partial charge in [-0.2, -0.15) is 0 Å². The van der Waals surface area contributed by atoms with Crippen LogP contribution in [0.2, 0.25) is 0 Å². The van der Waals surface area contributed by atoms with Gasteiger partial charge in [-0.25, -0.2) is 0 Å². The van der Waals surface area contributed by atoms with E-state index < -0.39 is 0 Å². The first-order chi connectivity index (χ1) is 6.22. The van der Waals surface area contributed by atoms with Crippen LogP contribution in [0.3, 0.4) is 0 Å². The van der Waals surface area contributed by atoms with Crippen LogP contribution in [0.5, 0.6) is 5.75 Å². The van der Waals surface area contributed by atoms with E-state index in [9.17, 15) is 4.79 Å². The van der Waals surface area contributed by atoms with E-state index in [0.717, 1.165) is 5.56 Å². The zero-order valence-corrected chi connectivity index (χ0v) is 8.59. The van der Waals surface area contributed by atoms with E-state index >= 15 is 0 Å². The molecule has 2 nitrogen and oxygen atoms in total. The Kier molecular flexibility index (Phi) is 5.65. The van der Waals surface area contributed by atoms with Crippen LogP contribution in [0, 0.1) is 0 Å². The SMILES string of the molecule is C=CC(=O)CCc1ccc(O)cc1.Cl. The number of hydrogen-bond acceptors (Lipinski definition) is 2. The van der Waals surface area contributed by atoms with Crippen LogP contribution >= 0.6 is 12.4 Å². The molecule has 0 amide bonds. The van der Waals surface area contributed by atoms with E-state index in [1.54, 1.807) is 12.1 Å². The summed E-state index contributed by atoms with van der Waals surface area (Å²) in [5.41, 5.74) is 1.05. The van der Waals surface area contributed by atoms with Crippen molar-refractivity contribution in [2.24, 2.45) is 0 Å². The number of allylic oxidation sites excluding steroid dienone is 1. The monoisotopic (exact) mass is 212 g/mol. The van der Waals surface area contributed by atoms with E-state index in [0.29, 0.717) is 12.8 Å². The fourth-order valence-corrected chi connectivity index (χ4v) is 1.03. The highest BCUT2D eigenvalue weighted by molar-refractivity contribution is 5.89. The van der Waals surface area contributed by atoms with Gasteiger partial charge in [0.05, 0.1) is 0 Å². The van der Waals surface area contributed by atoms with Crippen molar-refractivity contribution in [1.82, 2.24) is 0 Å². The minimum absolute atomic E-state index is 0. The second-order valence-corrected chi connectivity index (χ2v) is 2.84. The molecule has 3 heteroatoms. The Balaban J connectivity index is 0.00000169. The molecule has 1 aromatic rings. The average Bonchev–Trinajstić information content (AvgIpc) is 2.16. The highest BCUT2D eigenvalue weighted by Crippen LogP contribution is 2.11. The Morgan fingerprint density at radius 2 is 1.93 bits per heavy atom. The summed E-state index contributed by atoms with van der Waals surface area (Å²) in [7, 11) is 0. The van der Waals surface area contributed by atoms with Crippen molar-refractivity contribution in [3.63, 3.8) is 0 Å². The summed E-state index contributed by atoms with van der Waals surface area (Å²) < 4.78 is 0. The van der Waals surface area contributed by atoms with E-state index in [2.05, 4.69) is 6.58 Å². The Morgan fingerprint density at radius 1 is 1.36 bits per heavy atom. The number of halogens is 1. The zero-order chi connectivity index (χ0) is 9.68. The van der Waals surface area contributed by atoms with Crippen molar-refractivity contribution < 1.29 is 9.90 Å². The standard InChI is InChI=1S/C11H12O2.ClH/c1-2-10(12)6-3-9-4-7-11(13)8-5-9;/h2,4-5,7-8,13H,1,3,6H2;1H. The van der Waals surface area contributed by atoms with Gasteiger partial charge in [-0.1, -0.05) is 18.7 Å². The van der Waals surface area contributed by atoms with E-state index in [4.69, 9.17) is 5.11 Å². The molecule has 0 saturated heterocycles. The molecule has 0 bridgehead atoms. The summed E-state index contributed by atoms with van der Waals surface area (Å²) in [6.45, 7) is 3.40. The van der Waals surface area contributed by atoms with Crippen LogP contribution in [0.1, 0.15) is 12.0 Å². The normalized spacial score (nSPS) is 8.86. The lowest BCUT2D eigenvalue weighted by molar-refractivity contribution is -0.114. The van der Waals surface area contributed by atoms with Gasteiger partial charge >= 0.3 is 0 Å². The molecule has 0 atom stereocenters. The summed E-state index contributed by atoms with van der Waals surface area (Å²) >= 11 is 0. The lowest BCUT2D eigenvalue weighted by Gasteiger charge is -1.98. The Hall–Kier alpha value is -1.28. The molecule has 0 radical (unpaired) electrons. The van der Waals surface area contributed by atoms with Gasteiger partial charge in [-0.3, -0.25) is 4.79 Å². The number of rotatable bonds is 4. The van der Waals surface area contributed by atoms with Crippen molar-refractivity contribution in [2.75, 3.05) is 0 Å². The van der Waals surface area contributed by atoms with Gasteiger partial charge in [-0.15, -0.1) is 12.4 Å². The number of phenolic OH excluding ortho intramolecular Hbond substituents is 1. The van der Waals surface area contributed by atoms with E-state index in [1.165, 1.54) is 6.08 Å². The number of carbonyl (C=O) groups excluding carboxylic acids is 1. The molecule has 1 aromatic carbocycles. The van der Waals surface area contributed by atoms with Gasteiger partial charge in [0.15, 0.2) is 5.78 Å². The molecule has 0 aliphatic rings. The van der Waals surface area contributed by atoms with Crippen LogP contribution in [0.4, 0.5) is 0 Å². The number of aryl methyl sites for hydroxylation is 1. The molecule has 0 saturated carbocycles. The highest BCUT2D eigenvalue weighted by Gasteiger charge is 1.97. The summed E-state index contributed by atoms with van der Waals surface area (Å²) in [4.78, 5) is 10.9. The molecule has 1 N–H and O–H groups in total. The fraction of sp³-hybridized carbons (Fsp3) is 0.182. The number of aromatic hydroxyl groups is 1. The van der Waals surface area contributed by atoms with Crippen LogP contribution in [-0.4, -0.2) is 10.9 Å². The van der Waals surface area contributed by atoms with Crippen molar-refractivity contribution in [3.05, 3.63) is 42.5 Å². The second kappa shape index (κ2) is 6.22. The molecule has 0 aromatic heterocycles. The third-order valence-corrected chi connectivity index (χ3v) is 1.82. The first kappa shape index (κ1) is 12.7. The molecule has 0 heterocycles. The van der Waals surface area contributed by atoms with Crippen LogP contribution < -0.4 is 0 Å². The Labute approximate surface area is 89.7 Å². The summed E-state index contributed by atoms with van der Waals surface area (Å²) in [6, 6.07) is 6.86. The highest BCUT2D eigenvalue weighted by atomic mass is 35.5. The van der Waals surface area contributed by atoms with Crippen LogP contribution in [0.15, 0.2) is 36.9 Å². The third-order valence-electron chi connectivity index (χ3n) is 1.82. The minimum atomic E-state index is 0. The maximum atomic E-state index is 10.9. The second-order valence-electron chi connectivity index (χ2n) is 2.84. The summed E-state index contributed by atoms with van der Waals surface area (Å²) in [6.07, 6.45) is 2.51. The zero-order valence-electron chi connectivity index (χ0n) is 7.77. The molecular weight excluding hydrogens is 200 g/mol. The quantitative estimate of drug-likeness (QED) is 0.779. The number of phenols is 1. The minimum Gasteiger partial charge on any atom is -0.508 e. The molecule has 1 rings (SSSR count). The molecule has 0 aliphatic heterocycles. The lowest BCUT2D eigenvalue weighted by Crippen LogP contribution is -1.94. The van der Waals surface area contributed by atoms with Crippen molar-refractivity contribution in [1.29, 1.82) is 0 Å². The molecule has 76 valence electrons.